The van der Waals surface area contributed by atoms with Gasteiger partial charge < -0.3 is 5.21 Å². The Morgan fingerprint density at radius 2 is 1.95 bits per heavy atom. The third-order valence-electron chi connectivity index (χ3n) is 6.40. The van der Waals surface area contributed by atoms with Crippen LogP contribution >= 0.6 is 11.6 Å². The molecule has 11 nitrogen and oxygen atoms in total. The van der Waals surface area contributed by atoms with Crippen LogP contribution in [-0.4, -0.2) is 45.0 Å². The van der Waals surface area contributed by atoms with Gasteiger partial charge in [0.1, 0.15) is 18.1 Å². The molecular formula is C23H18ClF3N10O. The fraction of sp³-hybridized carbons (Fsp3) is 0.261. The van der Waals surface area contributed by atoms with Crippen molar-refractivity contribution in [1.82, 2.24) is 45.0 Å². The molecule has 5 aromatic rings. The van der Waals surface area contributed by atoms with Crippen LogP contribution in [-0.2, 0) is 0 Å². The Kier molecular flexibility index (Phi) is 6.02. The zero-order chi connectivity index (χ0) is 26.4. The zero-order valence-corrected chi connectivity index (χ0v) is 20.2. The standard InChI is InChI=1S/C23H18ClF3N10O/c24-16-4-6-19(35-12-28-32-33-35)21(22(16)25)14-3-5-18(36(38)11-14)20(7-13-1-2-13)34-10-15(8-29-34)17-9-30-37(31-17)23(26)27/h3-6,8-13,20,23H,1-2,7H2/t20-/m1/s1. The van der Waals surface area contributed by atoms with E-state index in [2.05, 4.69) is 30.8 Å². The van der Waals surface area contributed by atoms with Crippen LogP contribution in [0.15, 0.2) is 55.4 Å². The summed E-state index contributed by atoms with van der Waals surface area (Å²) in [6, 6.07) is 5.75. The molecule has 15 heteroatoms. The van der Waals surface area contributed by atoms with Crippen LogP contribution in [0.5, 0.6) is 0 Å². The average molecular weight is 543 g/mol. The van der Waals surface area contributed by atoms with Gasteiger partial charge in [-0.25, -0.2) is 4.39 Å². The van der Waals surface area contributed by atoms with Crippen molar-refractivity contribution in [2.75, 3.05) is 0 Å². The first-order valence-corrected chi connectivity index (χ1v) is 12.0. The van der Waals surface area contributed by atoms with Gasteiger partial charge in [0.05, 0.1) is 34.2 Å². The van der Waals surface area contributed by atoms with Crippen molar-refractivity contribution < 1.29 is 17.9 Å². The highest BCUT2D eigenvalue weighted by Gasteiger charge is 2.32. The summed E-state index contributed by atoms with van der Waals surface area (Å²) in [4.78, 5) is 0.317. The minimum Gasteiger partial charge on any atom is -0.618 e. The van der Waals surface area contributed by atoms with Crippen LogP contribution in [0.4, 0.5) is 13.2 Å². The molecule has 0 amide bonds. The van der Waals surface area contributed by atoms with E-state index in [4.69, 9.17) is 11.6 Å². The second-order valence-electron chi connectivity index (χ2n) is 8.91. The monoisotopic (exact) mass is 542 g/mol. The first-order chi connectivity index (χ1) is 18.4. The van der Waals surface area contributed by atoms with Gasteiger partial charge in [0, 0.05) is 17.8 Å². The topological polar surface area (TPSA) is 119 Å². The smallest absolute Gasteiger partial charge is 0.348 e. The first kappa shape index (κ1) is 24.0. The summed E-state index contributed by atoms with van der Waals surface area (Å²) < 4.78 is 44.6. The number of aromatic nitrogens is 10. The van der Waals surface area contributed by atoms with Gasteiger partial charge in [-0.15, -0.1) is 15.0 Å². The maximum absolute atomic E-state index is 15.2. The van der Waals surface area contributed by atoms with Crippen molar-refractivity contribution in [3.63, 3.8) is 0 Å². The molecule has 1 saturated carbocycles. The van der Waals surface area contributed by atoms with E-state index in [0.29, 0.717) is 38.8 Å². The van der Waals surface area contributed by atoms with Crippen molar-refractivity contribution in [2.45, 2.75) is 31.9 Å². The second kappa shape index (κ2) is 9.52. The predicted molar refractivity (Wildman–Crippen MR) is 126 cm³/mol. The predicted octanol–water partition coefficient (Wildman–Crippen LogP) is 3.99. The molecule has 38 heavy (non-hydrogen) atoms. The molecule has 1 aliphatic carbocycles. The largest absolute Gasteiger partial charge is 0.618 e. The van der Waals surface area contributed by atoms with Gasteiger partial charge in [-0.3, -0.25) is 4.68 Å². The summed E-state index contributed by atoms with van der Waals surface area (Å²) >= 11 is 6.05. The van der Waals surface area contributed by atoms with Gasteiger partial charge in [-0.05, 0) is 41.0 Å². The lowest BCUT2D eigenvalue weighted by molar-refractivity contribution is -0.615. The van der Waals surface area contributed by atoms with Gasteiger partial charge in [-0.1, -0.05) is 24.4 Å². The summed E-state index contributed by atoms with van der Waals surface area (Å²) in [5.41, 5.74) is 1.77. The SMILES string of the molecule is [O-][n+]1cc(-c2c(-n3cnnn3)ccc(Cl)c2F)ccc1[C@@H](CC1CC1)n1cc(-c2cnn(C(F)F)n2)cn1. The zero-order valence-electron chi connectivity index (χ0n) is 19.4. The number of pyridine rings is 1. The maximum Gasteiger partial charge on any atom is 0.348 e. The Hall–Kier alpha value is -4.33. The Bertz CT molecular complexity index is 1600. The summed E-state index contributed by atoms with van der Waals surface area (Å²) in [6.45, 7) is -2.86. The Balaban J connectivity index is 1.38. The number of hydrogen-bond acceptors (Lipinski definition) is 7. The van der Waals surface area contributed by atoms with Crippen LogP contribution in [0.25, 0.3) is 28.1 Å². The van der Waals surface area contributed by atoms with E-state index in [-0.39, 0.29) is 21.8 Å². The van der Waals surface area contributed by atoms with E-state index in [1.807, 2.05) is 0 Å². The molecule has 1 aliphatic rings. The van der Waals surface area contributed by atoms with Gasteiger partial charge >= 0.3 is 6.55 Å². The number of nitrogens with zero attached hydrogens (tertiary/aromatic N) is 10. The number of halogens is 4. The van der Waals surface area contributed by atoms with E-state index in [1.165, 1.54) is 35.7 Å². The van der Waals surface area contributed by atoms with Crippen LogP contribution < -0.4 is 4.73 Å². The molecule has 0 bridgehead atoms. The van der Waals surface area contributed by atoms with Crippen LogP contribution in [0.1, 0.15) is 37.5 Å². The quantitative estimate of drug-likeness (QED) is 0.215. The van der Waals surface area contributed by atoms with Gasteiger partial charge in [0.2, 0.25) is 5.69 Å². The lowest BCUT2D eigenvalue weighted by Gasteiger charge is -2.18. The lowest BCUT2D eigenvalue weighted by atomic mass is 10.0. The lowest BCUT2D eigenvalue weighted by Crippen LogP contribution is -2.35. The van der Waals surface area contributed by atoms with Crippen molar-refractivity contribution in [2.24, 2.45) is 5.92 Å². The molecule has 0 unspecified atom stereocenters. The normalized spacial score (nSPS) is 14.3. The molecule has 4 aromatic heterocycles. The van der Waals surface area contributed by atoms with E-state index in [0.717, 1.165) is 12.8 Å². The first-order valence-electron chi connectivity index (χ1n) is 11.6. The molecule has 0 N–H and O–H groups in total. The molecule has 4 heterocycles. The molecule has 1 atom stereocenters. The highest BCUT2D eigenvalue weighted by Crippen LogP contribution is 2.39. The molecule has 0 saturated heterocycles. The number of rotatable bonds is 8. The summed E-state index contributed by atoms with van der Waals surface area (Å²) in [5, 5.41) is 36.0. The fourth-order valence-corrected chi connectivity index (χ4v) is 4.51. The second-order valence-corrected chi connectivity index (χ2v) is 9.32. The van der Waals surface area contributed by atoms with E-state index in [9.17, 15) is 14.0 Å². The highest BCUT2D eigenvalue weighted by atomic mass is 35.5. The van der Waals surface area contributed by atoms with Crippen LogP contribution in [0, 0.1) is 16.9 Å². The highest BCUT2D eigenvalue weighted by molar-refractivity contribution is 6.31. The number of benzene rings is 1. The molecule has 1 fully saturated rings. The molecule has 0 radical (unpaired) electrons. The fourth-order valence-electron chi connectivity index (χ4n) is 4.35. The molecular weight excluding hydrogens is 525 g/mol. The third-order valence-corrected chi connectivity index (χ3v) is 6.69. The van der Waals surface area contributed by atoms with Crippen molar-refractivity contribution >= 4 is 11.6 Å². The Morgan fingerprint density at radius 3 is 2.63 bits per heavy atom. The van der Waals surface area contributed by atoms with Crippen LogP contribution in [0.3, 0.4) is 0 Å². The average Bonchev–Trinajstić information content (AvgIpc) is 3.32. The molecule has 1 aromatic carbocycles. The molecule has 0 spiro atoms. The Morgan fingerprint density at radius 1 is 1.11 bits per heavy atom. The number of tetrazole rings is 1. The van der Waals surface area contributed by atoms with Gasteiger partial charge in [-0.2, -0.15) is 28.4 Å². The summed E-state index contributed by atoms with van der Waals surface area (Å²) in [7, 11) is 0. The molecule has 0 aliphatic heterocycles. The molecule has 194 valence electrons. The minimum atomic E-state index is -2.86. The molecule has 6 rings (SSSR count). The Labute approximate surface area is 217 Å². The van der Waals surface area contributed by atoms with Crippen molar-refractivity contribution in [3.05, 3.63) is 77.1 Å². The number of hydrogen-bond donors (Lipinski definition) is 0. The van der Waals surface area contributed by atoms with Crippen molar-refractivity contribution in [3.8, 4) is 28.1 Å². The third kappa shape index (κ3) is 4.47. The van der Waals surface area contributed by atoms with Crippen molar-refractivity contribution in [1.29, 1.82) is 0 Å². The summed E-state index contributed by atoms with van der Waals surface area (Å²) in [6.07, 6.45) is 9.67. The number of alkyl halides is 2. The maximum atomic E-state index is 15.2. The van der Waals surface area contributed by atoms with E-state index in [1.54, 1.807) is 29.1 Å². The minimum absolute atomic E-state index is 0.0724. The van der Waals surface area contributed by atoms with Crippen LogP contribution in [0.2, 0.25) is 5.02 Å². The van der Waals surface area contributed by atoms with Gasteiger partial charge in [0.15, 0.2) is 12.0 Å². The van der Waals surface area contributed by atoms with E-state index < -0.39 is 18.4 Å². The van der Waals surface area contributed by atoms with E-state index >= 15 is 4.39 Å². The van der Waals surface area contributed by atoms with Gasteiger partial charge in [0.25, 0.3) is 0 Å². The summed E-state index contributed by atoms with van der Waals surface area (Å²) in [5.74, 6) is -0.292.